The quantitative estimate of drug-likeness (QED) is 0.847. The second-order valence-electron chi connectivity index (χ2n) is 2.50. The SMILES string of the molecule is O=C(O)c1cccc(CN[CH]=[W])c1. The van der Waals surface area contributed by atoms with Gasteiger partial charge in [0, 0.05) is 0 Å². The average molecular weight is 347 g/mol. The van der Waals surface area contributed by atoms with Crippen LogP contribution in [-0.2, 0) is 25.9 Å². The summed E-state index contributed by atoms with van der Waals surface area (Å²) in [7, 11) is 0. The van der Waals surface area contributed by atoms with Crippen molar-refractivity contribution in [3.8, 4) is 0 Å². The Kier molecular flexibility index (Phi) is 4.00. The van der Waals surface area contributed by atoms with Crippen molar-refractivity contribution in [2.75, 3.05) is 0 Å². The van der Waals surface area contributed by atoms with E-state index in [1.165, 1.54) is 19.4 Å². The maximum atomic E-state index is 10.6. The zero-order valence-electron chi connectivity index (χ0n) is 6.86. The van der Waals surface area contributed by atoms with Crippen molar-refractivity contribution in [2.45, 2.75) is 6.54 Å². The summed E-state index contributed by atoms with van der Waals surface area (Å²) in [5.74, 6) is -0.882. The summed E-state index contributed by atoms with van der Waals surface area (Å²) < 4.78 is 1.91. The molecule has 1 aromatic carbocycles. The molecule has 0 unspecified atom stereocenters. The van der Waals surface area contributed by atoms with E-state index < -0.39 is 5.97 Å². The molecule has 3 nitrogen and oxygen atoms in total. The molecule has 0 saturated heterocycles. The molecule has 2 N–H and O–H groups in total. The fraction of sp³-hybridized carbons (Fsp3) is 0.111. The van der Waals surface area contributed by atoms with Gasteiger partial charge in [-0.25, -0.2) is 0 Å². The predicted molar refractivity (Wildman–Crippen MR) is 46.3 cm³/mol. The molecule has 0 radical (unpaired) electrons. The summed E-state index contributed by atoms with van der Waals surface area (Å²) in [6.07, 6.45) is 0. The first-order valence-electron chi connectivity index (χ1n) is 3.73. The average Bonchev–Trinajstić information content (AvgIpc) is 2.15. The van der Waals surface area contributed by atoms with Crippen LogP contribution in [0.1, 0.15) is 15.9 Å². The van der Waals surface area contributed by atoms with Crippen molar-refractivity contribution >= 4 is 10.5 Å². The Morgan fingerprint density at radius 3 is 3.00 bits per heavy atom. The topological polar surface area (TPSA) is 49.3 Å². The molecule has 1 aromatic rings. The van der Waals surface area contributed by atoms with E-state index in [-0.39, 0.29) is 0 Å². The van der Waals surface area contributed by atoms with E-state index in [0.717, 1.165) is 5.56 Å². The van der Waals surface area contributed by atoms with Crippen LogP contribution in [0.4, 0.5) is 0 Å². The van der Waals surface area contributed by atoms with Gasteiger partial charge in [0.2, 0.25) is 0 Å². The summed E-state index contributed by atoms with van der Waals surface area (Å²) in [6.45, 7) is 0.685. The minimum atomic E-state index is -0.882. The van der Waals surface area contributed by atoms with Crippen molar-refractivity contribution in [3.05, 3.63) is 35.4 Å². The van der Waals surface area contributed by atoms with Crippen LogP contribution >= 0.6 is 0 Å². The normalized spacial score (nSPS) is 9.54. The molecule has 0 amide bonds. The summed E-state index contributed by atoms with van der Waals surface area (Å²) >= 11 is 1.35. The first-order chi connectivity index (χ1) is 6.24. The molecule has 0 bridgehead atoms. The minimum absolute atomic E-state index is 0.336. The number of nitrogens with one attached hydrogen (secondary N) is 1. The van der Waals surface area contributed by atoms with Crippen molar-refractivity contribution < 1.29 is 29.3 Å². The van der Waals surface area contributed by atoms with Crippen LogP contribution in [0.2, 0.25) is 0 Å². The van der Waals surface area contributed by atoms with Gasteiger partial charge in [-0.2, -0.15) is 0 Å². The van der Waals surface area contributed by atoms with E-state index in [4.69, 9.17) is 5.11 Å². The predicted octanol–water partition coefficient (Wildman–Crippen LogP) is 0.781. The fourth-order valence-electron chi connectivity index (χ4n) is 0.974. The van der Waals surface area contributed by atoms with Gasteiger partial charge in [-0.3, -0.25) is 0 Å². The molecule has 68 valence electrons. The van der Waals surface area contributed by atoms with Crippen molar-refractivity contribution in [2.24, 2.45) is 0 Å². The second kappa shape index (κ2) is 5.05. The van der Waals surface area contributed by atoms with Gasteiger partial charge < -0.3 is 0 Å². The third kappa shape index (κ3) is 3.21. The Balaban J connectivity index is 2.79. The molecule has 0 aliphatic carbocycles. The van der Waals surface area contributed by atoms with E-state index in [0.29, 0.717) is 12.1 Å². The molecule has 13 heavy (non-hydrogen) atoms. The Morgan fingerprint density at radius 1 is 1.62 bits per heavy atom. The van der Waals surface area contributed by atoms with Gasteiger partial charge in [0.1, 0.15) is 0 Å². The summed E-state index contributed by atoms with van der Waals surface area (Å²) in [5, 5.41) is 11.8. The monoisotopic (exact) mass is 347 g/mol. The van der Waals surface area contributed by atoms with E-state index in [2.05, 4.69) is 5.32 Å². The van der Waals surface area contributed by atoms with Gasteiger partial charge in [0.25, 0.3) is 0 Å². The number of hydrogen-bond donors (Lipinski definition) is 2. The number of carbonyl (C=O) groups is 1. The van der Waals surface area contributed by atoms with Crippen LogP contribution in [0, 0.1) is 0 Å². The van der Waals surface area contributed by atoms with Crippen LogP contribution in [0.5, 0.6) is 0 Å². The third-order valence-corrected chi connectivity index (χ3v) is 2.16. The third-order valence-electron chi connectivity index (χ3n) is 1.56. The molecule has 0 fully saturated rings. The van der Waals surface area contributed by atoms with Crippen LogP contribution in [0.15, 0.2) is 24.3 Å². The molecule has 0 aromatic heterocycles. The zero-order chi connectivity index (χ0) is 9.68. The molecule has 4 heteroatoms. The maximum absolute atomic E-state index is 10.6. The van der Waals surface area contributed by atoms with Crippen LogP contribution in [0.3, 0.4) is 0 Å². The number of rotatable bonds is 4. The number of benzene rings is 1. The van der Waals surface area contributed by atoms with Crippen molar-refractivity contribution in [3.63, 3.8) is 0 Å². The second-order valence-corrected chi connectivity index (χ2v) is 3.35. The van der Waals surface area contributed by atoms with Crippen LogP contribution in [0.25, 0.3) is 0 Å². The number of hydrogen-bond acceptors (Lipinski definition) is 2. The molecular weight excluding hydrogens is 338 g/mol. The molecule has 0 aliphatic rings. The van der Waals surface area contributed by atoms with Gasteiger partial charge in [0.05, 0.1) is 0 Å². The molecule has 0 spiro atoms. The Morgan fingerprint density at radius 2 is 2.38 bits per heavy atom. The summed E-state index contributed by atoms with van der Waals surface area (Å²) in [4.78, 5) is 10.6. The van der Waals surface area contributed by atoms with E-state index in [9.17, 15) is 4.79 Å². The first kappa shape index (κ1) is 10.3. The Bertz CT molecular complexity index is 325. The standard InChI is InChI=1S/C9H9NO2.W/c1-10-6-7-3-2-4-8(5-7)9(11)12;/h1-5,10H,6H2,(H,11,12);. The van der Waals surface area contributed by atoms with E-state index in [1.807, 2.05) is 10.6 Å². The molecule has 0 atom stereocenters. The van der Waals surface area contributed by atoms with Gasteiger partial charge in [-0.15, -0.1) is 0 Å². The van der Waals surface area contributed by atoms with E-state index >= 15 is 0 Å². The van der Waals surface area contributed by atoms with E-state index in [1.54, 1.807) is 18.2 Å². The number of aromatic carboxylic acids is 1. The van der Waals surface area contributed by atoms with Gasteiger partial charge >= 0.3 is 87.0 Å². The van der Waals surface area contributed by atoms with Gasteiger partial charge in [-0.05, 0) is 0 Å². The molecule has 0 heterocycles. The van der Waals surface area contributed by atoms with Gasteiger partial charge in [-0.1, -0.05) is 0 Å². The summed E-state index contributed by atoms with van der Waals surface area (Å²) in [6, 6.07) is 6.92. The molecule has 0 saturated carbocycles. The molecule has 0 aliphatic heterocycles. The van der Waals surface area contributed by atoms with Crippen LogP contribution < -0.4 is 5.32 Å². The Labute approximate surface area is 87.2 Å². The van der Waals surface area contributed by atoms with Gasteiger partial charge in [0.15, 0.2) is 0 Å². The molecular formula is C9H9NO2W. The molecule has 1 rings (SSSR count). The number of carboxylic acid groups (broad SMARTS) is 1. The van der Waals surface area contributed by atoms with Crippen molar-refractivity contribution in [1.29, 1.82) is 0 Å². The number of carboxylic acids is 1. The first-order valence-corrected chi connectivity index (χ1v) is 5.42. The zero-order valence-corrected chi connectivity index (χ0v) is 9.79. The summed E-state index contributed by atoms with van der Waals surface area (Å²) in [5.41, 5.74) is 1.32. The van der Waals surface area contributed by atoms with Crippen LogP contribution in [-0.4, -0.2) is 15.6 Å². The van der Waals surface area contributed by atoms with Crippen molar-refractivity contribution in [1.82, 2.24) is 5.32 Å². The Hall–Kier alpha value is -0.792. The fourth-order valence-corrected chi connectivity index (χ4v) is 1.27.